The lowest BCUT2D eigenvalue weighted by Gasteiger charge is -2.31. The van der Waals surface area contributed by atoms with Gasteiger partial charge in [0.2, 0.25) is 0 Å². The van der Waals surface area contributed by atoms with Crippen LogP contribution in [0.15, 0.2) is 42.5 Å². The molecule has 2 aromatic rings. The van der Waals surface area contributed by atoms with Crippen LogP contribution in [-0.2, 0) is 16.4 Å². The van der Waals surface area contributed by atoms with Crippen molar-refractivity contribution in [3.63, 3.8) is 0 Å². The molecule has 1 saturated heterocycles. The number of piperidine rings is 1. The van der Waals surface area contributed by atoms with Crippen molar-refractivity contribution in [2.24, 2.45) is 0 Å². The summed E-state index contributed by atoms with van der Waals surface area (Å²) in [5, 5.41) is 2.62. The first-order valence-corrected chi connectivity index (χ1v) is 10.5. The standard InChI is InChI=1S/C24H29F3N2O2/c1-23(2,3)17-7-10-19(11-8-17)31-16-22(30)28-20-15-18(24(25,26)27)9-12-21(20)29-13-5-4-6-14-29/h7-12,15H,4-6,13-14,16H2,1-3H3,(H,28,30). The van der Waals surface area contributed by atoms with Crippen LogP contribution in [0.3, 0.4) is 0 Å². The molecule has 0 saturated carbocycles. The van der Waals surface area contributed by atoms with E-state index in [0.717, 1.165) is 50.0 Å². The van der Waals surface area contributed by atoms with Gasteiger partial charge in [-0.25, -0.2) is 0 Å². The van der Waals surface area contributed by atoms with Crippen molar-refractivity contribution in [2.45, 2.75) is 51.6 Å². The molecule has 168 valence electrons. The van der Waals surface area contributed by atoms with Gasteiger partial charge in [0, 0.05) is 13.1 Å². The lowest BCUT2D eigenvalue weighted by molar-refractivity contribution is -0.137. The molecule has 0 bridgehead atoms. The van der Waals surface area contributed by atoms with Gasteiger partial charge in [0.1, 0.15) is 5.75 Å². The van der Waals surface area contributed by atoms with E-state index in [1.165, 1.54) is 6.07 Å². The molecule has 4 nitrogen and oxygen atoms in total. The zero-order chi connectivity index (χ0) is 22.6. The van der Waals surface area contributed by atoms with E-state index in [4.69, 9.17) is 4.74 Å². The fourth-order valence-electron chi connectivity index (χ4n) is 3.61. The number of rotatable bonds is 5. The highest BCUT2D eigenvalue weighted by atomic mass is 19.4. The molecule has 1 aliphatic rings. The molecule has 31 heavy (non-hydrogen) atoms. The molecule has 2 aromatic carbocycles. The molecule has 0 unspecified atom stereocenters. The molecule has 3 rings (SSSR count). The van der Waals surface area contributed by atoms with E-state index < -0.39 is 17.6 Å². The van der Waals surface area contributed by atoms with Gasteiger partial charge in [0.05, 0.1) is 16.9 Å². The van der Waals surface area contributed by atoms with Crippen molar-refractivity contribution in [3.05, 3.63) is 53.6 Å². The molecule has 1 N–H and O–H groups in total. The third-order valence-electron chi connectivity index (χ3n) is 5.38. The third kappa shape index (κ3) is 6.15. The largest absolute Gasteiger partial charge is 0.484 e. The first-order valence-electron chi connectivity index (χ1n) is 10.5. The predicted molar refractivity (Wildman–Crippen MR) is 117 cm³/mol. The Bertz CT molecular complexity index is 897. The Morgan fingerprint density at radius 3 is 2.16 bits per heavy atom. The smallest absolute Gasteiger partial charge is 0.416 e. The van der Waals surface area contributed by atoms with Crippen LogP contribution in [0.25, 0.3) is 0 Å². The van der Waals surface area contributed by atoms with E-state index in [1.54, 1.807) is 12.1 Å². The van der Waals surface area contributed by atoms with Gasteiger partial charge in [-0.15, -0.1) is 0 Å². The van der Waals surface area contributed by atoms with Crippen LogP contribution in [0.4, 0.5) is 24.5 Å². The highest BCUT2D eigenvalue weighted by molar-refractivity contribution is 5.95. The van der Waals surface area contributed by atoms with Crippen LogP contribution >= 0.6 is 0 Å². The number of carbonyl (C=O) groups is 1. The Morgan fingerprint density at radius 2 is 1.58 bits per heavy atom. The number of hydrogen-bond acceptors (Lipinski definition) is 3. The van der Waals surface area contributed by atoms with E-state index in [-0.39, 0.29) is 17.7 Å². The second kappa shape index (κ2) is 9.20. The molecule has 1 aliphatic heterocycles. The first-order chi connectivity index (χ1) is 14.5. The number of anilines is 2. The van der Waals surface area contributed by atoms with Gasteiger partial charge >= 0.3 is 6.18 Å². The minimum absolute atomic E-state index is 0.00422. The summed E-state index contributed by atoms with van der Waals surface area (Å²) in [6.07, 6.45) is -1.43. The number of amides is 1. The maximum Gasteiger partial charge on any atom is 0.416 e. The lowest BCUT2D eigenvalue weighted by atomic mass is 9.87. The highest BCUT2D eigenvalue weighted by Crippen LogP contribution is 2.36. The van der Waals surface area contributed by atoms with Crippen molar-refractivity contribution in [2.75, 3.05) is 29.9 Å². The Kier molecular flexibility index (Phi) is 6.82. The average Bonchev–Trinajstić information content (AvgIpc) is 2.72. The fraction of sp³-hybridized carbons (Fsp3) is 0.458. The first kappa shape index (κ1) is 23.0. The fourth-order valence-corrected chi connectivity index (χ4v) is 3.61. The quantitative estimate of drug-likeness (QED) is 0.627. The van der Waals surface area contributed by atoms with Gasteiger partial charge in [0.15, 0.2) is 6.61 Å². The Hall–Kier alpha value is -2.70. The summed E-state index contributed by atoms with van der Waals surface area (Å²) in [6.45, 7) is 7.53. The summed E-state index contributed by atoms with van der Waals surface area (Å²) >= 11 is 0. The summed E-state index contributed by atoms with van der Waals surface area (Å²) in [5.41, 5.74) is 1.12. The van der Waals surface area contributed by atoms with E-state index in [1.807, 2.05) is 17.0 Å². The number of nitrogens with zero attached hydrogens (tertiary/aromatic N) is 1. The average molecular weight is 435 g/mol. The van der Waals surface area contributed by atoms with E-state index in [0.29, 0.717) is 11.4 Å². The molecule has 0 spiro atoms. The van der Waals surface area contributed by atoms with Crippen LogP contribution in [0.2, 0.25) is 0 Å². The normalized spacial score (nSPS) is 15.0. The zero-order valence-corrected chi connectivity index (χ0v) is 18.2. The number of carbonyl (C=O) groups excluding carboxylic acids is 1. The van der Waals surface area contributed by atoms with Gasteiger partial charge in [-0.1, -0.05) is 32.9 Å². The maximum absolute atomic E-state index is 13.2. The third-order valence-corrected chi connectivity index (χ3v) is 5.38. The van der Waals surface area contributed by atoms with Crippen LogP contribution in [0, 0.1) is 0 Å². The predicted octanol–water partition coefficient (Wildman–Crippen LogP) is 6.01. The van der Waals surface area contributed by atoms with Crippen LogP contribution < -0.4 is 15.0 Å². The topological polar surface area (TPSA) is 41.6 Å². The van der Waals surface area contributed by atoms with Crippen LogP contribution in [0.1, 0.15) is 51.2 Å². The molecule has 1 amide bonds. The van der Waals surface area contributed by atoms with Gasteiger partial charge in [0.25, 0.3) is 5.91 Å². The number of nitrogens with one attached hydrogen (secondary N) is 1. The van der Waals surface area contributed by atoms with Gasteiger partial charge in [-0.2, -0.15) is 13.2 Å². The van der Waals surface area contributed by atoms with E-state index in [9.17, 15) is 18.0 Å². The van der Waals surface area contributed by atoms with E-state index in [2.05, 4.69) is 26.1 Å². The number of hydrogen-bond donors (Lipinski definition) is 1. The Morgan fingerprint density at radius 1 is 0.968 bits per heavy atom. The minimum Gasteiger partial charge on any atom is -0.484 e. The van der Waals surface area contributed by atoms with Gasteiger partial charge < -0.3 is 15.0 Å². The number of benzene rings is 2. The molecule has 7 heteroatoms. The summed E-state index contributed by atoms with van der Waals surface area (Å²) in [6, 6.07) is 11.0. The maximum atomic E-state index is 13.2. The molecule has 0 atom stereocenters. The Labute approximate surface area is 181 Å². The van der Waals surface area contributed by atoms with Gasteiger partial charge in [-0.05, 0) is 60.6 Å². The molecular formula is C24H29F3N2O2. The number of alkyl halides is 3. The zero-order valence-electron chi connectivity index (χ0n) is 18.2. The monoisotopic (exact) mass is 434 g/mol. The Balaban J connectivity index is 1.71. The van der Waals surface area contributed by atoms with Gasteiger partial charge in [-0.3, -0.25) is 4.79 Å². The van der Waals surface area contributed by atoms with Crippen LogP contribution in [0.5, 0.6) is 5.75 Å². The summed E-state index contributed by atoms with van der Waals surface area (Å²) in [4.78, 5) is 14.5. The molecule has 0 aliphatic carbocycles. The molecular weight excluding hydrogens is 405 g/mol. The van der Waals surface area contributed by atoms with Crippen LogP contribution in [-0.4, -0.2) is 25.6 Å². The van der Waals surface area contributed by atoms with Crippen molar-refractivity contribution >= 4 is 17.3 Å². The lowest BCUT2D eigenvalue weighted by Crippen LogP contribution is -2.31. The molecule has 0 aromatic heterocycles. The van der Waals surface area contributed by atoms with Crippen molar-refractivity contribution in [3.8, 4) is 5.75 Å². The molecule has 1 heterocycles. The summed E-state index contributed by atoms with van der Waals surface area (Å²) < 4.78 is 45.2. The molecule has 0 radical (unpaired) electrons. The van der Waals surface area contributed by atoms with E-state index >= 15 is 0 Å². The second-order valence-electron chi connectivity index (χ2n) is 8.89. The van der Waals surface area contributed by atoms with Crippen molar-refractivity contribution < 1.29 is 22.7 Å². The van der Waals surface area contributed by atoms with Crippen molar-refractivity contribution in [1.29, 1.82) is 0 Å². The minimum atomic E-state index is -4.48. The summed E-state index contributed by atoms with van der Waals surface area (Å²) in [5.74, 6) is 0.0286. The SMILES string of the molecule is CC(C)(C)c1ccc(OCC(=O)Nc2cc(C(F)(F)F)ccc2N2CCCCC2)cc1. The number of halogens is 3. The second-order valence-corrected chi connectivity index (χ2v) is 8.89. The molecule has 1 fully saturated rings. The number of ether oxygens (including phenoxy) is 1. The highest BCUT2D eigenvalue weighted by Gasteiger charge is 2.32. The van der Waals surface area contributed by atoms with Crippen molar-refractivity contribution in [1.82, 2.24) is 0 Å². The summed E-state index contributed by atoms with van der Waals surface area (Å²) in [7, 11) is 0.